The second-order valence-corrected chi connectivity index (χ2v) is 9.33. The smallest absolute Gasteiger partial charge is 0.258 e. The molecule has 0 aliphatic carbocycles. The molecule has 1 amide bonds. The van der Waals surface area contributed by atoms with Gasteiger partial charge >= 0.3 is 0 Å². The van der Waals surface area contributed by atoms with Crippen LogP contribution < -0.4 is 15.0 Å². The van der Waals surface area contributed by atoms with Crippen LogP contribution in [0.1, 0.15) is 38.1 Å². The monoisotopic (exact) mass is 491 g/mol. The largest absolute Gasteiger partial charge is 0.493 e. The van der Waals surface area contributed by atoms with Crippen molar-refractivity contribution in [3.8, 4) is 11.5 Å². The van der Waals surface area contributed by atoms with Crippen molar-refractivity contribution in [2.45, 2.75) is 39.3 Å². The molecule has 1 atom stereocenters. The Morgan fingerprint density at radius 3 is 2.83 bits per heavy atom. The third kappa shape index (κ3) is 6.51. The lowest BCUT2D eigenvalue weighted by Gasteiger charge is -2.24. The van der Waals surface area contributed by atoms with Crippen LogP contribution in [-0.4, -0.2) is 53.7 Å². The molecule has 1 fully saturated rings. The number of para-hydroxylation sites is 1. The zero-order chi connectivity index (χ0) is 25.5. The predicted molar refractivity (Wildman–Crippen MR) is 139 cm³/mol. The summed E-state index contributed by atoms with van der Waals surface area (Å²) in [7, 11) is 1.59. The zero-order valence-corrected chi connectivity index (χ0v) is 21.0. The SMILES string of the molecule is COc1cc(/C=C/C(=O)N(Cc2nc3ccccc3c(=O)[nH]2)CC2CCCO2)ccc1OCC(C)C. The van der Waals surface area contributed by atoms with E-state index in [4.69, 9.17) is 14.2 Å². The normalized spacial score (nSPS) is 15.6. The lowest BCUT2D eigenvalue weighted by atomic mass is 10.1. The number of fused-ring (bicyclic) bond motifs is 1. The number of nitrogens with one attached hydrogen (secondary N) is 1. The summed E-state index contributed by atoms with van der Waals surface area (Å²) >= 11 is 0. The Morgan fingerprint density at radius 2 is 2.08 bits per heavy atom. The van der Waals surface area contributed by atoms with Crippen molar-refractivity contribution < 1.29 is 19.0 Å². The minimum absolute atomic E-state index is 0.0352. The van der Waals surface area contributed by atoms with Gasteiger partial charge in [-0.05, 0) is 54.7 Å². The van der Waals surface area contributed by atoms with Gasteiger partial charge in [0.25, 0.3) is 5.56 Å². The number of hydrogen-bond acceptors (Lipinski definition) is 6. The molecule has 1 saturated heterocycles. The average Bonchev–Trinajstić information content (AvgIpc) is 3.39. The molecule has 190 valence electrons. The number of amides is 1. The molecule has 0 bridgehead atoms. The number of carbonyl (C=O) groups is 1. The standard InChI is InChI=1S/C28H33N3O5/c1-19(2)18-36-24-12-10-20(15-25(24)34-3)11-13-27(32)31(16-21-7-6-14-35-21)17-26-29-23-9-5-4-8-22(23)28(33)30-26/h4-5,8-13,15,19,21H,6-7,14,16-18H2,1-3H3,(H,29,30,33)/b13-11+. The van der Waals surface area contributed by atoms with Gasteiger partial charge in [-0.25, -0.2) is 4.98 Å². The molecule has 8 heteroatoms. The number of nitrogens with zero attached hydrogens (tertiary/aromatic N) is 2. The number of hydrogen-bond donors (Lipinski definition) is 1. The van der Waals surface area contributed by atoms with E-state index in [1.165, 1.54) is 6.08 Å². The molecule has 2 heterocycles. The molecule has 8 nitrogen and oxygen atoms in total. The first kappa shape index (κ1) is 25.4. The van der Waals surface area contributed by atoms with Crippen LogP contribution in [0.2, 0.25) is 0 Å². The van der Waals surface area contributed by atoms with Crippen LogP contribution in [0.5, 0.6) is 11.5 Å². The maximum atomic E-state index is 13.3. The maximum absolute atomic E-state index is 13.3. The second kappa shape index (κ2) is 11.9. The molecule has 0 saturated carbocycles. The topological polar surface area (TPSA) is 93.8 Å². The Bertz CT molecular complexity index is 1280. The summed E-state index contributed by atoms with van der Waals surface area (Å²) in [5.41, 5.74) is 1.19. The van der Waals surface area contributed by atoms with E-state index >= 15 is 0 Å². The van der Waals surface area contributed by atoms with Crippen molar-refractivity contribution in [2.24, 2.45) is 5.92 Å². The zero-order valence-electron chi connectivity index (χ0n) is 21.0. The molecular formula is C28H33N3O5. The minimum Gasteiger partial charge on any atom is -0.493 e. The Balaban J connectivity index is 1.53. The van der Waals surface area contributed by atoms with E-state index in [9.17, 15) is 9.59 Å². The van der Waals surface area contributed by atoms with Crippen LogP contribution in [0.15, 0.2) is 53.3 Å². The van der Waals surface area contributed by atoms with Crippen molar-refractivity contribution in [3.05, 3.63) is 70.3 Å². The molecule has 0 spiro atoms. The van der Waals surface area contributed by atoms with Gasteiger partial charge in [-0.3, -0.25) is 9.59 Å². The van der Waals surface area contributed by atoms with Gasteiger partial charge in [0.1, 0.15) is 5.82 Å². The fraction of sp³-hybridized carbons (Fsp3) is 0.393. The molecule has 1 aliphatic rings. The fourth-order valence-electron chi connectivity index (χ4n) is 4.09. The molecule has 1 unspecified atom stereocenters. The molecule has 1 aliphatic heterocycles. The molecule has 2 aromatic carbocycles. The Hall–Kier alpha value is -3.65. The van der Waals surface area contributed by atoms with Crippen molar-refractivity contribution in [1.29, 1.82) is 0 Å². The number of aromatic nitrogens is 2. The number of methoxy groups -OCH3 is 1. The van der Waals surface area contributed by atoms with Crippen molar-refractivity contribution >= 4 is 22.9 Å². The van der Waals surface area contributed by atoms with Crippen LogP contribution in [-0.2, 0) is 16.1 Å². The van der Waals surface area contributed by atoms with E-state index in [-0.39, 0.29) is 24.1 Å². The lowest BCUT2D eigenvalue weighted by Crippen LogP contribution is -2.36. The fourth-order valence-corrected chi connectivity index (χ4v) is 4.09. The summed E-state index contributed by atoms with van der Waals surface area (Å²) in [6.07, 6.45) is 5.10. The first-order valence-electron chi connectivity index (χ1n) is 12.3. The number of ether oxygens (including phenoxy) is 3. The first-order valence-corrected chi connectivity index (χ1v) is 12.3. The highest BCUT2D eigenvalue weighted by Crippen LogP contribution is 2.29. The van der Waals surface area contributed by atoms with Gasteiger partial charge in [0.05, 0.1) is 37.3 Å². The van der Waals surface area contributed by atoms with Crippen LogP contribution >= 0.6 is 0 Å². The highest BCUT2D eigenvalue weighted by molar-refractivity contribution is 5.92. The number of aromatic amines is 1. The molecule has 1 N–H and O–H groups in total. The van der Waals surface area contributed by atoms with Gasteiger partial charge in [-0.15, -0.1) is 0 Å². The van der Waals surface area contributed by atoms with E-state index in [0.29, 0.717) is 53.9 Å². The molecular weight excluding hydrogens is 458 g/mol. The highest BCUT2D eigenvalue weighted by atomic mass is 16.5. The summed E-state index contributed by atoms with van der Waals surface area (Å²) < 4.78 is 17.1. The second-order valence-electron chi connectivity index (χ2n) is 9.33. The van der Waals surface area contributed by atoms with E-state index in [2.05, 4.69) is 23.8 Å². The van der Waals surface area contributed by atoms with E-state index in [1.54, 1.807) is 36.3 Å². The minimum atomic E-state index is -0.220. The number of H-pyrrole nitrogens is 1. The summed E-state index contributed by atoms with van der Waals surface area (Å²) in [5, 5.41) is 0.521. The van der Waals surface area contributed by atoms with E-state index in [0.717, 1.165) is 18.4 Å². The van der Waals surface area contributed by atoms with Gasteiger partial charge in [0.2, 0.25) is 5.91 Å². The number of carbonyl (C=O) groups excluding carboxylic acids is 1. The number of rotatable bonds is 10. The maximum Gasteiger partial charge on any atom is 0.258 e. The predicted octanol–water partition coefficient (Wildman–Crippen LogP) is 4.19. The molecule has 0 radical (unpaired) electrons. The summed E-state index contributed by atoms with van der Waals surface area (Å²) in [6.45, 7) is 6.05. The summed E-state index contributed by atoms with van der Waals surface area (Å²) in [5.74, 6) is 1.92. The van der Waals surface area contributed by atoms with Crippen LogP contribution in [0.25, 0.3) is 17.0 Å². The van der Waals surface area contributed by atoms with Crippen LogP contribution in [0.3, 0.4) is 0 Å². The van der Waals surface area contributed by atoms with Gasteiger partial charge in [-0.2, -0.15) is 0 Å². The van der Waals surface area contributed by atoms with Crippen molar-refractivity contribution in [2.75, 3.05) is 26.9 Å². The third-order valence-corrected chi connectivity index (χ3v) is 5.94. The Labute approximate surface area is 210 Å². The Morgan fingerprint density at radius 1 is 1.25 bits per heavy atom. The van der Waals surface area contributed by atoms with Crippen LogP contribution in [0.4, 0.5) is 0 Å². The molecule has 3 aromatic rings. The lowest BCUT2D eigenvalue weighted by molar-refractivity contribution is -0.128. The van der Waals surface area contributed by atoms with Crippen molar-refractivity contribution in [3.63, 3.8) is 0 Å². The van der Waals surface area contributed by atoms with Gasteiger partial charge in [-0.1, -0.05) is 32.0 Å². The summed E-state index contributed by atoms with van der Waals surface area (Å²) in [4.78, 5) is 34.8. The van der Waals surface area contributed by atoms with Crippen molar-refractivity contribution in [1.82, 2.24) is 14.9 Å². The Kier molecular flexibility index (Phi) is 8.38. The number of benzene rings is 2. The summed E-state index contributed by atoms with van der Waals surface area (Å²) in [6, 6.07) is 12.7. The van der Waals surface area contributed by atoms with E-state index in [1.807, 2.05) is 24.3 Å². The molecule has 1 aromatic heterocycles. The highest BCUT2D eigenvalue weighted by Gasteiger charge is 2.22. The average molecular weight is 492 g/mol. The molecule has 36 heavy (non-hydrogen) atoms. The first-order chi connectivity index (χ1) is 17.4. The van der Waals surface area contributed by atoms with Crippen LogP contribution in [0, 0.1) is 5.92 Å². The van der Waals surface area contributed by atoms with Gasteiger partial charge < -0.3 is 24.1 Å². The third-order valence-electron chi connectivity index (χ3n) is 5.94. The van der Waals surface area contributed by atoms with E-state index < -0.39 is 0 Å². The van der Waals surface area contributed by atoms with Gasteiger partial charge in [0.15, 0.2) is 11.5 Å². The quantitative estimate of drug-likeness (QED) is 0.428. The molecule has 4 rings (SSSR count). The van der Waals surface area contributed by atoms with Gasteiger partial charge in [0, 0.05) is 19.2 Å².